The molecule has 2 N–H and O–H groups in total. The van der Waals surface area contributed by atoms with Gasteiger partial charge in [-0.3, -0.25) is 9.69 Å². The summed E-state index contributed by atoms with van der Waals surface area (Å²) >= 11 is 5.74. The maximum Gasteiger partial charge on any atom is 0.236 e. The van der Waals surface area contributed by atoms with Gasteiger partial charge in [-0.1, -0.05) is 54.6 Å². The summed E-state index contributed by atoms with van der Waals surface area (Å²) in [6, 6.07) is 26.8. The molecule has 3 aromatic rings. The van der Waals surface area contributed by atoms with Crippen molar-refractivity contribution in [2.45, 2.75) is 18.7 Å². The second-order valence-corrected chi connectivity index (χ2v) is 8.01. The van der Waals surface area contributed by atoms with Gasteiger partial charge in [0.2, 0.25) is 5.91 Å². The van der Waals surface area contributed by atoms with Gasteiger partial charge >= 0.3 is 0 Å². The molecule has 1 saturated heterocycles. The molecule has 0 saturated carbocycles. The Morgan fingerprint density at radius 2 is 1.63 bits per heavy atom. The van der Waals surface area contributed by atoms with Crippen LogP contribution >= 0.6 is 12.2 Å². The van der Waals surface area contributed by atoms with Gasteiger partial charge in [0.05, 0.1) is 6.04 Å². The van der Waals surface area contributed by atoms with Crippen LogP contribution in [0, 0.1) is 5.92 Å². The van der Waals surface area contributed by atoms with Crippen LogP contribution in [0.1, 0.15) is 18.5 Å². The number of amides is 1. The fourth-order valence-electron chi connectivity index (χ4n) is 4.44. The number of thiocarbonyl (C=S) groups is 1. The number of anilines is 2. The summed E-state index contributed by atoms with van der Waals surface area (Å²) in [5.74, 6) is 0.0864. The van der Waals surface area contributed by atoms with Crippen LogP contribution in [0.25, 0.3) is 0 Å². The number of benzene rings is 3. The first-order chi connectivity index (χ1) is 14.6. The summed E-state index contributed by atoms with van der Waals surface area (Å²) in [6.45, 7) is 1.94. The molecule has 5 rings (SSSR count). The Morgan fingerprint density at radius 3 is 2.37 bits per heavy atom. The number of rotatable bonds is 3. The van der Waals surface area contributed by atoms with Crippen LogP contribution in [0.5, 0.6) is 5.75 Å². The molecule has 150 valence electrons. The zero-order valence-electron chi connectivity index (χ0n) is 16.4. The van der Waals surface area contributed by atoms with Crippen molar-refractivity contribution in [2.24, 2.45) is 5.92 Å². The average Bonchev–Trinajstić information content (AvgIpc) is 2.74. The van der Waals surface area contributed by atoms with Crippen molar-refractivity contribution in [2.75, 3.05) is 10.2 Å². The maximum absolute atomic E-state index is 13.6. The molecule has 2 bridgehead atoms. The van der Waals surface area contributed by atoms with E-state index in [-0.39, 0.29) is 11.9 Å². The Hall–Kier alpha value is -3.38. The van der Waals surface area contributed by atoms with E-state index in [0.29, 0.717) is 5.11 Å². The quantitative estimate of drug-likeness (QED) is 0.618. The van der Waals surface area contributed by atoms with Crippen LogP contribution in [-0.2, 0) is 4.79 Å². The molecule has 0 spiro atoms. The van der Waals surface area contributed by atoms with E-state index in [1.807, 2.05) is 96.8 Å². The van der Waals surface area contributed by atoms with Gasteiger partial charge in [0.1, 0.15) is 11.7 Å². The molecule has 2 heterocycles. The van der Waals surface area contributed by atoms with E-state index in [1.165, 1.54) is 0 Å². The predicted molar refractivity (Wildman–Crippen MR) is 121 cm³/mol. The summed E-state index contributed by atoms with van der Waals surface area (Å²) in [6.07, 6.45) is 0. The van der Waals surface area contributed by atoms with Crippen LogP contribution in [0.2, 0.25) is 0 Å². The number of fused-ring (bicyclic) bond motifs is 4. The number of para-hydroxylation sites is 3. The van der Waals surface area contributed by atoms with Gasteiger partial charge in [-0.05, 0) is 49.5 Å². The zero-order valence-corrected chi connectivity index (χ0v) is 17.2. The smallest absolute Gasteiger partial charge is 0.236 e. The molecule has 5 nitrogen and oxygen atoms in total. The predicted octanol–water partition coefficient (Wildman–Crippen LogP) is 4.49. The van der Waals surface area contributed by atoms with Crippen LogP contribution < -0.4 is 20.3 Å². The summed E-state index contributed by atoms with van der Waals surface area (Å²) in [4.78, 5) is 15.5. The zero-order chi connectivity index (χ0) is 20.7. The lowest BCUT2D eigenvalue weighted by atomic mass is 9.78. The van der Waals surface area contributed by atoms with Crippen LogP contribution in [-0.4, -0.2) is 16.7 Å². The van der Waals surface area contributed by atoms with E-state index in [2.05, 4.69) is 10.6 Å². The average molecular weight is 416 g/mol. The Labute approximate surface area is 180 Å². The molecule has 0 aromatic heterocycles. The lowest BCUT2D eigenvalue weighted by Crippen LogP contribution is -2.72. The first-order valence-corrected chi connectivity index (χ1v) is 10.3. The minimum atomic E-state index is -0.998. The highest BCUT2D eigenvalue weighted by Gasteiger charge is 2.59. The first kappa shape index (κ1) is 18.6. The van der Waals surface area contributed by atoms with Crippen molar-refractivity contribution < 1.29 is 9.53 Å². The Kier molecular flexibility index (Phi) is 4.44. The van der Waals surface area contributed by atoms with E-state index < -0.39 is 11.6 Å². The third kappa shape index (κ3) is 2.92. The highest BCUT2D eigenvalue weighted by molar-refractivity contribution is 7.80. The minimum Gasteiger partial charge on any atom is -0.467 e. The molecule has 1 fully saturated rings. The van der Waals surface area contributed by atoms with Crippen molar-refractivity contribution in [3.63, 3.8) is 0 Å². The van der Waals surface area contributed by atoms with E-state index in [0.717, 1.165) is 22.7 Å². The van der Waals surface area contributed by atoms with Crippen LogP contribution in [0.3, 0.4) is 0 Å². The SMILES string of the molecule is CC12Oc3ccccc3C(NC(=S)N1c1ccccc1)C2C(=O)Nc1ccccc1. The molecule has 3 atom stereocenters. The molecule has 2 aliphatic rings. The van der Waals surface area contributed by atoms with Crippen molar-refractivity contribution in [1.82, 2.24) is 5.32 Å². The highest BCUT2D eigenvalue weighted by Crippen LogP contribution is 2.49. The minimum absolute atomic E-state index is 0.126. The van der Waals surface area contributed by atoms with Gasteiger partial charge in [0.25, 0.3) is 0 Å². The van der Waals surface area contributed by atoms with Gasteiger partial charge in [0, 0.05) is 16.9 Å². The maximum atomic E-state index is 13.6. The van der Waals surface area contributed by atoms with E-state index in [1.54, 1.807) is 0 Å². The van der Waals surface area contributed by atoms with E-state index >= 15 is 0 Å². The molecule has 3 unspecified atom stereocenters. The Bertz CT molecular complexity index is 1110. The molecule has 0 aliphatic carbocycles. The van der Waals surface area contributed by atoms with Gasteiger partial charge in [-0.2, -0.15) is 0 Å². The first-order valence-electron chi connectivity index (χ1n) is 9.87. The number of nitrogens with zero attached hydrogens (tertiary/aromatic N) is 1. The summed E-state index contributed by atoms with van der Waals surface area (Å²) in [7, 11) is 0. The van der Waals surface area contributed by atoms with Gasteiger partial charge in [-0.25, -0.2) is 0 Å². The van der Waals surface area contributed by atoms with Gasteiger partial charge in [-0.15, -0.1) is 0 Å². The monoisotopic (exact) mass is 415 g/mol. The van der Waals surface area contributed by atoms with Crippen LogP contribution in [0.4, 0.5) is 11.4 Å². The van der Waals surface area contributed by atoms with Crippen LogP contribution in [0.15, 0.2) is 84.9 Å². The molecule has 2 aliphatic heterocycles. The molecule has 1 amide bonds. The standard InChI is InChI=1S/C24H21N3O2S/c1-24-20(22(28)25-16-10-4-2-5-11-16)21(18-14-8-9-15-19(18)29-24)26-23(30)27(24)17-12-6-3-7-13-17/h2-15,20-21H,1H3,(H,25,28)(H,26,30). The molecular weight excluding hydrogens is 394 g/mol. The van der Waals surface area contributed by atoms with Gasteiger partial charge < -0.3 is 15.4 Å². The van der Waals surface area contributed by atoms with E-state index in [4.69, 9.17) is 17.0 Å². The molecule has 0 radical (unpaired) electrons. The fourth-order valence-corrected chi connectivity index (χ4v) is 4.85. The number of nitrogens with one attached hydrogen (secondary N) is 2. The van der Waals surface area contributed by atoms with Crippen molar-refractivity contribution >= 4 is 34.6 Å². The van der Waals surface area contributed by atoms with Crippen molar-refractivity contribution in [3.8, 4) is 5.75 Å². The molecule has 6 heteroatoms. The Balaban J connectivity index is 1.63. The third-order valence-corrected chi connectivity index (χ3v) is 6.05. The second kappa shape index (κ2) is 7.15. The summed E-state index contributed by atoms with van der Waals surface area (Å²) in [5, 5.41) is 7.00. The highest BCUT2D eigenvalue weighted by atomic mass is 32.1. The van der Waals surface area contributed by atoms with E-state index in [9.17, 15) is 4.79 Å². The summed E-state index contributed by atoms with van der Waals surface area (Å²) < 4.78 is 6.54. The van der Waals surface area contributed by atoms with Crippen molar-refractivity contribution in [1.29, 1.82) is 0 Å². The summed E-state index contributed by atoms with van der Waals surface area (Å²) in [5.41, 5.74) is 1.55. The Morgan fingerprint density at radius 1 is 1.00 bits per heavy atom. The number of carbonyl (C=O) groups excluding carboxylic acids is 1. The fraction of sp³-hybridized carbons (Fsp3) is 0.167. The largest absolute Gasteiger partial charge is 0.467 e. The van der Waals surface area contributed by atoms with Gasteiger partial charge in [0.15, 0.2) is 10.8 Å². The lowest BCUT2D eigenvalue weighted by molar-refractivity contribution is -0.130. The molecule has 3 aromatic carbocycles. The molecule has 30 heavy (non-hydrogen) atoms. The topological polar surface area (TPSA) is 53.6 Å². The number of hydrogen-bond acceptors (Lipinski definition) is 3. The number of carbonyl (C=O) groups is 1. The normalized spacial score (nSPS) is 24.3. The number of ether oxygens (including phenoxy) is 1. The number of hydrogen-bond donors (Lipinski definition) is 2. The third-order valence-electron chi connectivity index (χ3n) is 5.75. The lowest BCUT2D eigenvalue weighted by Gasteiger charge is -2.56. The second-order valence-electron chi connectivity index (χ2n) is 7.63. The molecular formula is C24H21N3O2S. The van der Waals surface area contributed by atoms with Crippen molar-refractivity contribution in [3.05, 3.63) is 90.5 Å².